The van der Waals surface area contributed by atoms with Crippen molar-refractivity contribution in [3.05, 3.63) is 0 Å². The van der Waals surface area contributed by atoms with Crippen LogP contribution in [0.3, 0.4) is 0 Å². The molecule has 0 spiro atoms. The summed E-state index contributed by atoms with van der Waals surface area (Å²) in [6.07, 6.45) is 10.3. The summed E-state index contributed by atoms with van der Waals surface area (Å²) in [4.78, 5) is 14.0. The Balaban J connectivity index is 1.97. The molecule has 4 heteroatoms. The maximum Gasteiger partial charge on any atom is 0.237 e. The van der Waals surface area contributed by atoms with Crippen molar-refractivity contribution < 1.29 is 4.79 Å². The molecule has 0 radical (unpaired) electrons. The van der Waals surface area contributed by atoms with Crippen LogP contribution in [0, 0.1) is 0 Å². The van der Waals surface area contributed by atoms with E-state index < -0.39 is 5.54 Å². The summed E-state index contributed by atoms with van der Waals surface area (Å²) in [6, 6.07) is 1.11. The van der Waals surface area contributed by atoms with Gasteiger partial charge in [-0.05, 0) is 45.6 Å². The molecule has 4 nitrogen and oxygen atoms in total. The lowest BCUT2D eigenvalue weighted by Crippen LogP contribution is -2.58. The molecule has 2 atom stereocenters. The highest BCUT2D eigenvalue weighted by atomic mass is 16.1. The maximum atomic E-state index is 11.5. The number of hydrogen-bond acceptors (Lipinski definition) is 3. The van der Waals surface area contributed by atoms with Gasteiger partial charge in [0.1, 0.15) is 0 Å². The highest BCUT2D eigenvalue weighted by Gasteiger charge is 2.40. The van der Waals surface area contributed by atoms with E-state index in [1.54, 1.807) is 0 Å². The Morgan fingerprint density at radius 1 is 1.11 bits per heavy atom. The summed E-state index contributed by atoms with van der Waals surface area (Å²) in [5.74, 6) is -0.329. The summed E-state index contributed by atoms with van der Waals surface area (Å²) in [6.45, 7) is 0. The van der Waals surface area contributed by atoms with E-state index in [0.717, 1.165) is 25.7 Å². The fraction of sp³-hybridized carbons (Fsp3) is 0.929. The maximum absolute atomic E-state index is 11.5. The quantitative estimate of drug-likeness (QED) is 0.798. The van der Waals surface area contributed by atoms with Gasteiger partial charge in [0.2, 0.25) is 5.91 Å². The molecule has 18 heavy (non-hydrogen) atoms. The third kappa shape index (κ3) is 2.86. The van der Waals surface area contributed by atoms with Crippen molar-refractivity contribution in [2.75, 3.05) is 7.05 Å². The number of primary amides is 1. The van der Waals surface area contributed by atoms with E-state index in [2.05, 4.69) is 11.9 Å². The van der Waals surface area contributed by atoms with E-state index >= 15 is 0 Å². The first-order valence-electron chi connectivity index (χ1n) is 7.34. The molecule has 2 saturated carbocycles. The molecule has 2 unspecified atom stereocenters. The fourth-order valence-electron chi connectivity index (χ4n) is 3.64. The van der Waals surface area contributed by atoms with Gasteiger partial charge in [0.25, 0.3) is 0 Å². The molecule has 0 aromatic carbocycles. The van der Waals surface area contributed by atoms with Crippen molar-refractivity contribution in [3.8, 4) is 0 Å². The summed E-state index contributed by atoms with van der Waals surface area (Å²) >= 11 is 0. The van der Waals surface area contributed by atoms with Gasteiger partial charge in [0.15, 0.2) is 0 Å². The van der Waals surface area contributed by atoms with Crippen LogP contribution in [-0.2, 0) is 4.79 Å². The normalized spacial score (nSPS) is 34.7. The molecule has 0 aromatic heterocycles. The molecule has 2 rings (SSSR count). The first kappa shape index (κ1) is 13.8. The van der Waals surface area contributed by atoms with Crippen molar-refractivity contribution in [1.29, 1.82) is 0 Å². The average molecular weight is 253 g/mol. The van der Waals surface area contributed by atoms with Gasteiger partial charge >= 0.3 is 0 Å². The van der Waals surface area contributed by atoms with E-state index in [1.165, 1.54) is 32.1 Å². The zero-order valence-electron chi connectivity index (χ0n) is 11.5. The van der Waals surface area contributed by atoms with Gasteiger partial charge in [-0.15, -0.1) is 0 Å². The molecule has 1 amide bonds. The van der Waals surface area contributed by atoms with Crippen molar-refractivity contribution >= 4 is 5.91 Å². The van der Waals surface area contributed by atoms with E-state index in [0.29, 0.717) is 12.1 Å². The minimum absolute atomic E-state index is 0.329. The second kappa shape index (κ2) is 5.57. The predicted molar refractivity (Wildman–Crippen MR) is 73.0 cm³/mol. The third-order valence-electron chi connectivity index (χ3n) is 4.98. The van der Waals surface area contributed by atoms with Gasteiger partial charge in [-0.3, -0.25) is 4.79 Å². The molecule has 0 aromatic rings. The highest BCUT2D eigenvalue weighted by molar-refractivity contribution is 5.84. The summed E-state index contributed by atoms with van der Waals surface area (Å²) in [5, 5.41) is 0. The number of nitrogens with two attached hydrogens (primary N) is 2. The van der Waals surface area contributed by atoms with Gasteiger partial charge in [-0.2, -0.15) is 0 Å². The molecule has 2 aliphatic rings. The first-order chi connectivity index (χ1) is 8.53. The van der Waals surface area contributed by atoms with Crippen LogP contribution >= 0.6 is 0 Å². The van der Waals surface area contributed by atoms with E-state index in [9.17, 15) is 4.79 Å². The lowest BCUT2D eigenvalue weighted by atomic mass is 9.78. The molecule has 2 fully saturated rings. The minimum atomic E-state index is -0.772. The number of amides is 1. The largest absolute Gasteiger partial charge is 0.368 e. The lowest BCUT2D eigenvalue weighted by Gasteiger charge is -2.43. The van der Waals surface area contributed by atoms with Crippen LogP contribution in [0.5, 0.6) is 0 Å². The third-order valence-corrected chi connectivity index (χ3v) is 4.98. The van der Waals surface area contributed by atoms with Crippen LogP contribution in [0.1, 0.15) is 57.8 Å². The zero-order valence-corrected chi connectivity index (χ0v) is 11.5. The van der Waals surface area contributed by atoms with Crippen LogP contribution in [0.15, 0.2) is 0 Å². The van der Waals surface area contributed by atoms with Gasteiger partial charge in [0.05, 0.1) is 5.54 Å². The van der Waals surface area contributed by atoms with Crippen molar-refractivity contribution in [2.24, 2.45) is 11.5 Å². The first-order valence-corrected chi connectivity index (χ1v) is 7.34. The van der Waals surface area contributed by atoms with Crippen molar-refractivity contribution in [2.45, 2.75) is 75.4 Å². The molecule has 0 bridgehead atoms. The Morgan fingerprint density at radius 3 is 2.33 bits per heavy atom. The molecule has 0 heterocycles. The molecule has 0 saturated heterocycles. The lowest BCUT2D eigenvalue weighted by molar-refractivity contribution is -0.125. The van der Waals surface area contributed by atoms with Gasteiger partial charge in [-0.1, -0.05) is 19.3 Å². The SMILES string of the molecule is CN(C1CCCCC1)C1CCCC(N)(C(N)=O)C1. The molecule has 0 aliphatic heterocycles. The summed E-state index contributed by atoms with van der Waals surface area (Å²) in [7, 11) is 2.20. The van der Waals surface area contributed by atoms with Gasteiger partial charge in [0, 0.05) is 12.1 Å². The summed E-state index contributed by atoms with van der Waals surface area (Å²) < 4.78 is 0. The number of carbonyl (C=O) groups is 1. The topological polar surface area (TPSA) is 72.3 Å². The Labute approximate surface area is 110 Å². The number of hydrogen-bond donors (Lipinski definition) is 2. The highest BCUT2D eigenvalue weighted by Crippen LogP contribution is 2.32. The number of rotatable bonds is 3. The number of carbonyl (C=O) groups excluding carboxylic acids is 1. The van der Waals surface area contributed by atoms with Crippen molar-refractivity contribution in [3.63, 3.8) is 0 Å². The predicted octanol–water partition coefficient (Wildman–Crippen LogP) is 1.38. The Morgan fingerprint density at radius 2 is 1.72 bits per heavy atom. The van der Waals surface area contributed by atoms with Crippen LogP contribution in [0.2, 0.25) is 0 Å². The van der Waals surface area contributed by atoms with Crippen LogP contribution < -0.4 is 11.5 Å². The smallest absolute Gasteiger partial charge is 0.237 e. The monoisotopic (exact) mass is 253 g/mol. The summed E-state index contributed by atoms with van der Waals surface area (Å²) in [5.41, 5.74) is 10.8. The minimum Gasteiger partial charge on any atom is -0.368 e. The second-order valence-electron chi connectivity index (χ2n) is 6.23. The van der Waals surface area contributed by atoms with E-state index in [-0.39, 0.29) is 5.91 Å². The molecular weight excluding hydrogens is 226 g/mol. The van der Waals surface area contributed by atoms with Gasteiger partial charge < -0.3 is 16.4 Å². The Hall–Kier alpha value is -0.610. The van der Waals surface area contributed by atoms with E-state index in [4.69, 9.17) is 11.5 Å². The zero-order chi connectivity index (χ0) is 13.2. The van der Waals surface area contributed by atoms with Crippen LogP contribution in [-0.4, -0.2) is 35.5 Å². The molecule has 2 aliphatic carbocycles. The fourth-order valence-corrected chi connectivity index (χ4v) is 3.64. The van der Waals surface area contributed by atoms with E-state index in [1.807, 2.05) is 0 Å². The van der Waals surface area contributed by atoms with Crippen LogP contribution in [0.4, 0.5) is 0 Å². The Kier molecular flexibility index (Phi) is 4.28. The molecule has 104 valence electrons. The number of nitrogens with zero attached hydrogens (tertiary/aromatic N) is 1. The van der Waals surface area contributed by atoms with Crippen molar-refractivity contribution in [1.82, 2.24) is 4.90 Å². The standard InChI is InChI=1S/C14H27N3O/c1-17(11-6-3-2-4-7-11)12-8-5-9-14(16,10-12)13(15)18/h11-12H,2-10,16H2,1H3,(H2,15,18). The van der Waals surface area contributed by atoms with Gasteiger partial charge in [-0.25, -0.2) is 0 Å². The second-order valence-corrected chi connectivity index (χ2v) is 6.23. The molecular formula is C14H27N3O. The van der Waals surface area contributed by atoms with Crippen LogP contribution in [0.25, 0.3) is 0 Å². The Bertz CT molecular complexity index is 301. The average Bonchev–Trinajstić information content (AvgIpc) is 2.39. The molecule has 4 N–H and O–H groups in total.